The summed E-state index contributed by atoms with van der Waals surface area (Å²) in [6.07, 6.45) is 1.70. The first-order chi connectivity index (χ1) is 12.4. The maximum absolute atomic E-state index is 12.2. The molecule has 3 aromatic rings. The van der Waals surface area contributed by atoms with Gasteiger partial charge in [-0.25, -0.2) is 4.98 Å². The molecule has 1 N–H and O–H groups in total. The van der Waals surface area contributed by atoms with Crippen molar-refractivity contribution in [3.8, 4) is 11.3 Å². The van der Waals surface area contributed by atoms with E-state index in [0.29, 0.717) is 11.0 Å². The molecule has 0 aliphatic rings. The number of rotatable bonds is 5. The second-order valence-corrected chi connectivity index (χ2v) is 7.32. The fourth-order valence-electron chi connectivity index (χ4n) is 2.67. The summed E-state index contributed by atoms with van der Waals surface area (Å²) in [6.45, 7) is 8.12. The number of carbonyl (C=O) groups excluding carboxylic acids is 1. The highest BCUT2D eigenvalue weighted by molar-refractivity contribution is 7.99. The van der Waals surface area contributed by atoms with Crippen LogP contribution in [0, 0.1) is 27.7 Å². The van der Waals surface area contributed by atoms with Gasteiger partial charge < -0.3 is 9.73 Å². The molecule has 1 aromatic heterocycles. The highest BCUT2D eigenvalue weighted by Crippen LogP contribution is 2.27. The summed E-state index contributed by atoms with van der Waals surface area (Å²) in [5.41, 5.74) is 6.42. The number of aryl methyl sites for hydroxylation is 4. The van der Waals surface area contributed by atoms with E-state index >= 15 is 0 Å². The fourth-order valence-corrected chi connectivity index (χ4v) is 3.27. The summed E-state index contributed by atoms with van der Waals surface area (Å²) in [6, 6.07) is 12.1. The number of hydrogen-bond donors (Lipinski definition) is 1. The molecule has 26 heavy (non-hydrogen) atoms. The predicted molar refractivity (Wildman–Crippen MR) is 107 cm³/mol. The molecule has 5 heteroatoms. The molecule has 1 heterocycles. The van der Waals surface area contributed by atoms with Gasteiger partial charge in [-0.1, -0.05) is 42.1 Å². The summed E-state index contributed by atoms with van der Waals surface area (Å²) in [5.74, 6) is 0.893. The Kier molecular flexibility index (Phi) is 5.47. The molecule has 1 amide bonds. The smallest absolute Gasteiger partial charge is 0.256 e. The fraction of sp³-hybridized carbons (Fsp3) is 0.238. The average Bonchev–Trinajstić information content (AvgIpc) is 3.08. The van der Waals surface area contributed by atoms with Crippen LogP contribution in [-0.4, -0.2) is 16.6 Å². The van der Waals surface area contributed by atoms with Gasteiger partial charge >= 0.3 is 0 Å². The van der Waals surface area contributed by atoms with E-state index in [1.165, 1.54) is 22.9 Å². The van der Waals surface area contributed by atoms with Crippen molar-refractivity contribution in [2.24, 2.45) is 0 Å². The van der Waals surface area contributed by atoms with E-state index in [1.54, 1.807) is 6.20 Å². The number of thioether (sulfide) groups is 1. The third kappa shape index (κ3) is 4.17. The van der Waals surface area contributed by atoms with Crippen LogP contribution in [0.15, 0.2) is 52.2 Å². The molecule has 0 unspecified atom stereocenters. The molecule has 0 aliphatic carbocycles. The van der Waals surface area contributed by atoms with Crippen molar-refractivity contribution in [2.75, 3.05) is 11.1 Å². The van der Waals surface area contributed by atoms with E-state index in [0.717, 1.165) is 22.4 Å². The Labute approximate surface area is 158 Å². The summed E-state index contributed by atoms with van der Waals surface area (Å²) in [4.78, 5) is 16.5. The van der Waals surface area contributed by atoms with Crippen molar-refractivity contribution >= 4 is 23.4 Å². The molecular weight excluding hydrogens is 344 g/mol. The lowest BCUT2D eigenvalue weighted by Gasteiger charge is -2.10. The maximum atomic E-state index is 12.2. The second kappa shape index (κ2) is 7.79. The molecule has 0 saturated carbocycles. The molecular formula is C21H22N2O2S. The van der Waals surface area contributed by atoms with Crippen molar-refractivity contribution < 1.29 is 9.21 Å². The van der Waals surface area contributed by atoms with Crippen LogP contribution in [0.25, 0.3) is 11.3 Å². The molecule has 4 nitrogen and oxygen atoms in total. The predicted octanol–water partition coefficient (Wildman–Crippen LogP) is 5.31. The molecule has 0 atom stereocenters. The number of amides is 1. The molecule has 0 aliphatic heterocycles. The first-order valence-electron chi connectivity index (χ1n) is 8.46. The number of hydrogen-bond acceptors (Lipinski definition) is 4. The van der Waals surface area contributed by atoms with Crippen LogP contribution in [0.4, 0.5) is 5.69 Å². The van der Waals surface area contributed by atoms with Crippen molar-refractivity contribution in [2.45, 2.75) is 32.9 Å². The van der Waals surface area contributed by atoms with Gasteiger partial charge in [-0.3, -0.25) is 4.79 Å². The molecule has 2 aromatic carbocycles. The number of oxazole rings is 1. The minimum absolute atomic E-state index is 0.0710. The quantitative estimate of drug-likeness (QED) is 0.622. The van der Waals surface area contributed by atoms with Gasteiger partial charge in [0.1, 0.15) is 0 Å². The number of anilines is 1. The standard InChI is InChI=1S/C21H22N2O2S/c1-13-8-9-17(10-16(13)4)18-11-22-21(25-18)26-12-19(24)23-20-14(2)6-5-7-15(20)3/h5-11H,12H2,1-4H3,(H,23,24). The van der Waals surface area contributed by atoms with Gasteiger partial charge in [0, 0.05) is 11.3 Å². The Morgan fingerprint density at radius 2 is 1.77 bits per heavy atom. The monoisotopic (exact) mass is 366 g/mol. The van der Waals surface area contributed by atoms with E-state index in [2.05, 4.69) is 36.3 Å². The van der Waals surface area contributed by atoms with Crippen molar-refractivity contribution in [1.82, 2.24) is 4.98 Å². The Morgan fingerprint density at radius 1 is 1.04 bits per heavy atom. The van der Waals surface area contributed by atoms with E-state index in [9.17, 15) is 4.79 Å². The maximum Gasteiger partial charge on any atom is 0.256 e. The topological polar surface area (TPSA) is 55.1 Å². The SMILES string of the molecule is Cc1ccc(-c2cnc(SCC(=O)Nc3c(C)cccc3C)o2)cc1C. The number of carbonyl (C=O) groups is 1. The number of nitrogens with one attached hydrogen (secondary N) is 1. The number of para-hydroxylation sites is 1. The van der Waals surface area contributed by atoms with Gasteiger partial charge in [0.15, 0.2) is 5.76 Å². The lowest BCUT2D eigenvalue weighted by molar-refractivity contribution is -0.113. The van der Waals surface area contributed by atoms with Crippen molar-refractivity contribution in [3.05, 3.63) is 64.8 Å². The summed E-state index contributed by atoms with van der Waals surface area (Å²) < 4.78 is 5.78. The van der Waals surface area contributed by atoms with E-state index in [4.69, 9.17) is 4.42 Å². The Morgan fingerprint density at radius 3 is 2.46 bits per heavy atom. The number of aromatic nitrogens is 1. The zero-order chi connectivity index (χ0) is 18.7. The highest BCUT2D eigenvalue weighted by Gasteiger charge is 2.12. The highest BCUT2D eigenvalue weighted by atomic mass is 32.2. The van der Waals surface area contributed by atoms with Crippen LogP contribution in [0.2, 0.25) is 0 Å². The summed E-state index contributed by atoms with van der Waals surface area (Å²) >= 11 is 1.29. The lowest BCUT2D eigenvalue weighted by atomic mass is 10.1. The van der Waals surface area contributed by atoms with Gasteiger partial charge in [0.25, 0.3) is 5.22 Å². The first-order valence-corrected chi connectivity index (χ1v) is 9.45. The average molecular weight is 366 g/mol. The Bertz CT molecular complexity index is 927. The van der Waals surface area contributed by atoms with E-state index in [-0.39, 0.29) is 11.7 Å². The normalized spacial score (nSPS) is 10.8. The Hall–Kier alpha value is -2.53. The van der Waals surface area contributed by atoms with Gasteiger partial charge in [-0.15, -0.1) is 0 Å². The molecule has 0 bridgehead atoms. The third-order valence-corrected chi connectivity index (χ3v) is 5.19. The van der Waals surface area contributed by atoms with Crippen molar-refractivity contribution in [3.63, 3.8) is 0 Å². The van der Waals surface area contributed by atoms with Gasteiger partial charge in [-0.2, -0.15) is 0 Å². The van der Waals surface area contributed by atoms with Crippen LogP contribution < -0.4 is 5.32 Å². The van der Waals surface area contributed by atoms with Gasteiger partial charge in [0.05, 0.1) is 11.9 Å². The Balaban J connectivity index is 1.63. The van der Waals surface area contributed by atoms with E-state index in [1.807, 2.05) is 38.1 Å². The van der Waals surface area contributed by atoms with Gasteiger partial charge in [0.2, 0.25) is 5.91 Å². The summed E-state index contributed by atoms with van der Waals surface area (Å²) in [5, 5.41) is 3.47. The molecule has 0 fully saturated rings. The number of nitrogens with zero attached hydrogens (tertiary/aromatic N) is 1. The first kappa shape index (κ1) is 18.3. The molecule has 134 valence electrons. The van der Waals surface area contributed by atoms with Crippen LogP contribution in [0.5, 0.6) is 0 Å². The minimum Gasteiger partial charge on any atom is -0.431 e. The zero-order valence-corrected chi connectivity index (χ0v) is 16.2. The summed E-state index contributed by atoms with van der Waals surface area (Å²) in [7, 11) is 0. The van der Waals surface area contributed by atoms with Crippen LogP contribution in [0.1, 0.15) is 22.3 Å². The van der Waals surface area contributed by atoms with Crippen LogP contribution >= 0.6 is 11.8 Å². The molecule has 0 spiro atoms. The number of benzene rings is 2. The molecule has 0 radical (unpaired) electrons. The molecule has 3 rings (SSSR count). The third-order valence-electron chi connectivity index (χ3n) is 4.35. The zero-order valence-electron chi connectivity index (χ0n) is 15.4. The van der Waals surface area contributed by atoms with Crippen molar-refractivity contribution in [1.29, 1.82) is 0 Å². The minimum atomic E-state index is -0.0710. The molecule has 0 saturated heterocycles. The van der Waals surface area contributed by atoms with Crippen LogP contribution in [0.3, 0.4) is 0 Å². The second-order valence-electron chi connectivity index (χ2n) is 6.39. The largest absolute Gasteiger partial charge is 0.431 e. The van der Waals surface area contributed by atoms with Gasteiger partial charge in [-0.05, 0) is 56.0 Å². The van der Waals surface area contributed by atoms with Crippen LogP contribution in [-0.2, 0) is 4.79 Å². The lowest BCUT2D eigenvalue weighted by Crippen LogP contribution is -2.15. The van der Waals surface area contributed by atoms with E-state index < -0.39 is 0 Å².